The number of aryl methyl sites for hydroxylation is 4. The van der Waals surface area contributed by atoms with Crippen molar-refractivity contribution < 1.29 is 4.74 Å². The zero-order valence-corrected chi connectivity index (χ0v) is 20.7. The van der Waals surface area contributed by atoms with Crippen LogP contribution in [0.4, 0.5) is 0 Å². The van der Waals surface area contributed by atoms with Crippen LogP contribution < -0.4 is 15.4 Å². The molecule has 2 N–H and O–H groups in total. The van der Waals surface area contributed by atoms with Crippen LogP contribution in [0, 0.1) is 0 Å². The van der Waals surface area contributed by atoms with E-state index in [-0.39, 0.29) is 6.23 Å². The van der Waals surface area contributed by atoms with E-state index >= 15 is 0 Å². The van der Waals surface area contributed by atoms with Crippen LogP contribution in [-0.4, -0.2) is 35.3 Å². The van der Waals surface area contributed by atoms with Crippen LogP contribution in [0.1, 0.15) is 40.7 Å². The van der Waals surface area contributed by atoms with Gasteiger partial charge in [0.1, 0.15) is 16.1 Å². The Bertz CT molecular complexity index is 1030. The highest BCUT2D eigenvalue weighted by molar-refractivity contribution is 6.30. The smallest absolute Gasteiger partial charge is 0.151 e. The highest BCUT2D eigenvalue weighted by atomic mass is 35.5. The number of nitrogens with zero attached hydrogens (tertiary/aromatic N) is 2. The number of benzene rings is 1. The summed E-state index contributed by atoms with van der Waals surface area (Å²) in [5, 5.41) is 7.85. The molecule has 2 aromatic heterocycles. The summed E-state index contributed by atoms with van der Waals surface area (Å²) in [4.78, 5) is 8.72. The third-order valence-corrected chi connectivity index (χ3v) is 7.39. The van der Waals surface area contributed by atoms with Gasteiger partial charge in [-0.15, -0.1) is 0 Å². The zero-order chi connectivity index (χ0) is 23.3. The monoisotopic (exact) mass is 496 g/mol. The lowest BCUT2D eigenvalue weighted by Gasteiger charge is -2.28. The van der Waals surface area contributed by atoms with Gasteiger partial charge in [0.15, 0.2) is 6.23 Å². The molecule has 0 bridgehead atoms. The summed E-state index contributed by atoms with van der Waals surface area (Å²) in [6.07, 6.45) is 10.5. The first-order valence-electron chi connectivity index (χ1n) is 12.1. The van der Waals surface area contributed by atoms with Crippen LogP contribution in [-0.2, 0) is 32.1 Å². The molecule has 1 aromatic carbocycles. The Balaban J connectivity index is 1.14. The van der Waals surface area contributed by atoms with Gasteiger partial charge in [0, 0.05) is 25.2 Å². The lowest BCUT2D eigenvalue weighted by molar-refractivity contribution is 0.0982. The van der Waals surface area contributed by atoms with E-state index in [0.717, 1.165) is 68.5 Å². The van der Waals surface area contributed by atoms with Gasteiger partial charge in [0.05, 0.1) is 6.20 Å². The van der Waals surface area contributed by atoms with Gasteiger partial charge in [0.25, 0.3) is 0 Å². The Labute approximate surface area is 211 Å². The first kappa shape index (κ1) is 23.6. The summed E-state index contributed by atoms with van der Waals surface area (Å²) in [5.41, 5.74) is 5.99. The third-order valence-electron chi connectivity index (χ3n) is 6.71. The van der Waals surface area contributed by atoms with E-state index in [1.54, 1.807) is 6.20 Å². The highest BCUT2D eigenvalue weighted by Crippen LogP contribution is 2.23. The Morgan fingerprint density at radius 1 is 0.765 bits per heavy atom. The number of hydrogen-bond donors (Lipinski definition) is 2. The molecule has 5 rings (SSSR count). The van der Waals surface area contributed by atoms with Crippen molar-refractivity contribution in [1.29, 1.82) is 0 Å². The van der Waals surface area contributed by atoms with Crippen molar-refractivity contribution in [2.75, 3.05) is 13.1 Å². The van der Waals surface area contributed by atoms with Gasteiger partial charge in [-0.05, 0) is 79.0 Å². The number of nitrogens with one attached hydrogen (secondary N) is 2. The average molecular weight is 497 g/mol. The van der Waals surface area contributed by atoms with Gasteiger partial charge in [-0.1, -0.05) is 53.5 Å². The molecule has 0 spiro atoms. The van der Waals surface area contributed by atoms with Crippen molar-refractivity contribution in [3.05, 3.63) is 86.9 Å². The number of hydrogen-bond acceptors (Lipinski definition) is 5. The van der Waals surface area contributed by atoms with Crippen molar-refractivity contribution in [3.8, 4) is 5.75 Å². The molecule has 2 fully saturated rings. The van der Waals surface area contributed by atoms with Gasteiger partial charge >= 0.3 is 0 Å². The molecule has 3 aromatic rings. The highest BCUT2D eigenvalue weighted by Gasteiger charge is 2.19. The Hall–Kier alpha value is -2.18. The van der Waals surface area contributed by atoms with E-state index in [9.17, 15) is 0 Å². The Morgan fingerprint density at radius 3 is 1.91 bits per heavy atom. The van der Waals surface area contributed by atoms with E-state index in [4.69, 9.17) is 27.9 Å². The van der Waals surface area contributed by atoms with Crippen LogP contribution in [0.15, 0.2) is 48.8 Å². The molecule has 0 radical (unpaired) electrons. The molecule has 0 amide bonds. The molecule has 2 aliphatic heterocycles. The van der Waals surface area contributed by atoms with Crippen molar-refractivity contribution >= 4 is 23.2 Å². The second kappa shape index (κ2) is 11.0. The van der Waals surface area contributed by atoms with Gasteiger partial charge in [-0.3, -0.25) is 5.32 Å². The number of rotatable bonds is 10. The minimum atomic E-state index is 0.0938. The molecular weight excluding hydrogens is 467 g/mol. The lowest BCUT2D eigenvalue weighted by Crippen LogP contribution is -2.46. The fourth-order valence-corrected chi connectivity index (χ4v) is 4.70. The quantitative estimate of drug-likeness (QED) is 0.388. The molecule has 178 valence electrons. The average Bonchev–Trinajstić information content (AvgIpc) is 2.79. The summed E-state index contributed by atoms with van der Waals surface area (Å²) in [7, 11) is 0. The summed E-state index contributed by atoms with van der Waals surface area (Å²) >= 11 is 12.7. The van der Waals surface area contributed by atoms with Crippen LogP contribution in [0.25, 0.3) is 0 Å². The number of aromatic nitrogens is 2. The van der Waals surface area contributed by atoms with E-state index in [2.05, 4.69) is 50.9 Å². The van der Waals surface area contributed by atoms with Crippen molar-refractivity contribution in [2.24, 2.45) is 0 Å². The standard InChI is InChI=1S/C27H30Cl2N4O/c28-26-21(13-20(16-32-26)14-23-9-11-30-23)7-5-18-1-3-19(4-2-18)6-8-22-15-24(17-33-27(22)29)34-25-10-12-31-25/h1-4,13,15-17,23,25,30-31H,5-12,14H2. The lowest BCUT2D eigenvalue weighted by atomic mass is 9.97. The van der Waals surface area contributed by atoms with E-state index in [1.165, 1.54) is 23.1 Å². The van der Waals surface area contributed by atoms with Crippen LogP contribution in [0.5, 0.6) is 5.75 Å². The number of ether oxygens (including phenoxy) is 1. The second-order valence-electron chi connectivity index (χ2n) is 9.22. The van der Waals surface area contributed by atoms with Crippen molar-refractivity contribution in [3.63, 3.8) is 0 Å². The molecule has 2 aliphatic rings. The molecule has 2 saturated heterocycles. The van der Waals surface area contributed by atoms with Crippen LogP contribution >= 0.6 is 23.2 Å². The van der Waals surface area contributed by atoms with Gasteiger partial charge in [-0.25, -0.2) is 9.97 Å². The van der Waals surface area contributed by atoms with Crippen LogP contribution in [0.2, 0.25) is 10.3 Å². The summed E-state index contributed by atoms with van der Waals surface area (Å²) < 4.78 is 5.87. The normalized spacial score (nSPS) is 19.4. The van der Waals surface area contributed by atoms with Crippen molar-refractivity contribution in [1.82, 2.24) is 20.6 Å². The van der Waals surface area contributed by atoms with E-state index < -0.39 is 0 Å². The Morgan fingerprint density at radius 2 is 1.35 bits per heavy atom. The summed E-state index contributed by atoms with van der Waals surface area (Å²) in [5.74, 6) is 0.771. The second-order valence-corrected chi connectivity index (χ2v) is 9.94. The molecule has 0 aliphatic carbocycles. The minimum absolute atomic E-state index is 0.0938. The maximum atomic E-state index is 6.38. The van der Waals surface area contributed by atoms with Gasteiger partial charge < -0.3 is 10.1 Å². The van der Waals surface area contributed by atoms with Crippen LogP contribution in [0.3, 0.4) is 0 Å². The Kier molecular flexibility index (Phi) is 7.65. The number of halogens is 2. The molecule has 4 heterocycles. The maximum absolute atomic E-state index is 6.38. The third kappa shape index (κ3) is 6.08. The molecule has 34 heavy (non-hydrogen) atoms. The molecule has 7 heteroatoms. The zero-order valence-electron chi connectivity index (χ0n) is 19.2. The first-order valence-corrected chi connectivity index (χ1v) is 12.9. The molecule has 0 saturated carbocycles. The summed E-state index contributed by atoms with van der Waals surface area (Å²) in [6.45, 7) is 2.13. The molecule has 5 nitrogen and oxygen atoms in total. The van der Waals surface area contributed by atoms with E-state index in [0.29, 0.717) is 16.3 Å². The molecule has 2 atom stereocenters. The SMILES string of the molecule is Clc1ncc(CC2CCN2)cc1CCc1ccc(CCc2cc(OC3CCN3)cnc2Cl)cc1. The fourth-order valence-electron chi connectivity index (χ4n) is 4.31. The van der Waals surface area contributed by atoms with Gasteiger partial charge in [-0.2, -0.15) is 0 Å². The van der Waals surface area contributed by atoms with Gasteiger partial charge in [0.2, 0.25) is 0 Å². The number of pyridine rings is 2. The maximum Gasteiger partial charge on any atom is 0.151 e. The topological polar surface area (TPSA) is 59.1 Å². The summed E-state index contributed by atoms with van der Waals surface area (Å²) in [6, 6.07) is 13.6. The predicted octanol–water partition coefficient (Wildman–Crippen LogP) is 4.96. The fraction of sp³-hybridized carbons (Fsp3) is 0.407. The van der Waals surface area contributed by atoms with Crippen molar-refractivity contribution in [2.45, 2.75) is 57.2 Å². The predicted molar refractivity (Wildman–Crippen MR) is 137 cm³/mol. The largest absolute Gasteiger partial charge is 0.474 e. The minimum Gasteiger partial charge on any atom is -0.474 e. The molecule has 2 unspecified atom stereocenters. The first-order chi connectivity index (χ1) is 16.6. The van der Waals surface area contributed by atoms with E-state index in [1.807, 2.05) is 12.3 Å². The molecular formula is C27H30Cl2N4O.